The standard InChI is InChI=1S/C23H24N2O3S/c1-4-17-8-5-7-15(2)21(17)25-22(26)16(3)29-19-12-10-18(11-13-19)24-23(27)20-9-6-14-28-20/h5-14,16H,4H2,1-3H3,(H,24,27)(H,25,26). The van der Waals surface area contributed by atoms with Crippen molar-refractivity contribution in [2.24, 2.45) is 0 Å². The molecule has 150 valence electrons. The Bertz CT molecular complexity index is 982. The summed E-state index contributed by atoms with van der Waals surface area (Å²) in [6.45, 7) is 5.97. The molecule has 0 saturated carbocycles. The lowest BCUT2D eigenvalue weighted by atomic mass is 10.1. The highest BCUT2D eigenvalue weighted by molar-refractivity contribution is 8.00. The number of thioether (sulfide) groups is 1. The first kappa shape index (κ1) is 20.7. The van der Waals surface area contributed by atoms with Gasteiger partial charge in [-0.2, -0.15) is 0 Å². The van der Waals surface area contributed by atoms with Gasteiger partial charge in [0.05, 0.1) is 11.5 Å². The van der Waals surface area contributed by atoms with E-state index >= 15 is 0 Å². The summed E-state index contributed by atoms with van der Waals surface area (Å²) >= 11 is 1.47. The minimum atomic E-state index is -0.298. The molecule has 0 aliphatic rings. The SMILES string of the molecule is CCc1cccc(C)c1NC(=O)C(C)Sc1ccc(NC(=O)c2ccco2)cc1. The molecule has 3 rings (SSSR count). The van der Waals surface area contributed by atoms with Gasteiger partial charge in [-0.15, -0.1) is 11.8 Å². The van der Waals surface area contributed by atoms with Crippen molar-refractivity contribution in [3.05, 3.63) is 77.7 Å². The van der Waals surface area contributed by atoms with Crippen molar-refractivity contribution in [1.82, 2.24) is 0 Å². The van der Waals surface area contributed by atoms with Crippen molar-refractivity contribution in [3.63, 3.8) is 0 Å². The highest BCUT2D eigenvalue weighted by Gasteiger charge is 2.17. The van der Waals surface area contributed by atoms with Gasteiger partial charge in [-0.3, -0.25) is 9.59 Å². The number of carbonyl (C=O) groups is 2. The van der Waals surface area contributed by atoms with Crippen LogP contribution >= 0.6 is 11.8 Å². The van der Waals surface area contributed by atoms with Gasteiger partial charge in [-0.1, -0.05) is 25.1 Å². The van der Waals surface area contributed by atoms with Gasteiger partial charge in [0.1, 0.15) is 0 Å². The summed E-state index contributed by atoms with van der Waals surface area (Å²) in [7, 11) is 0. The lowest BCUT2D eigenvalue weighted by Crippen LogP contribution is -2.23. The normalized spacial score (nSPS) is 11.7. The highest BCUT2D eigenvalue weighted by Crippen LogP contribution is 2.27. The molecule has 29 heavy (non-hydrogen) atoms. The Kier molecular flexibility index (Phi) is 6.77. The molecule has 2 aromatic carbocycles. The number of hydrogen-bond donors (Lipinski definition) is 2. The molecule has 1 aromatic heterocycles. The zero-order valence-corrected chi connectivity index (χ0v) is 17.5. The molecule has 1 unspecified atom stereocenters. The van der Waals surface area contributed by atoms with Crippen LogP contribution in [0.5, 0.6) is 0 Å². The van der Waals surface area contributed by atoms with E-state index in [4.69, 9.17) is 4.42 Å². The first-order valence-electron chi connectivity index (χ1n) is 9.49. The van der Waals surface area contributed by atoms with Gasteiger partial charge >= 0.3 is 0 Å². The van der Waals surface area contributed by atoms with Crippen molar-refractivity contribution >= 4 is 35.0 Å². The Morgan fingerprint density at radius 2 is 1.79 bits per heavy atom. The average molecular weight is 409 g/mol. The van der Waals surface area contributed by atoms with Crippen LogP contribution in [0.4, 0.5) is 11.4 Å². The lowest BCUT2D eigenvalue weighted by Gasteiger charge is -2.16. The van der Waals surface area contributed by atoms with Crippen molar-refractivity contribution in [1.29, 1.82) is 0 Å². The molecule has 0 radical (unpaired) electrons. The summed E-state index contributed by atoms with van der Waals surface area (Å²) in [5, 5.41) is 5.59. The predicted molar refractivity (Wildman–Crippen MR) is 118 cm³/mol. The second kappa shape index (κ2) is 9.47. The second-order valence-electron chi connectivity index (χ2n) is 6.67. The van der Waals surface area contributed by atoms with Crippen LogP contribution in [0.3, 0.4) is 0 Å². The predicted octanol–water partition coefficient (Wildman–Crippen LogP) is 5.52. The van der Waals surface area contributed by atoms with Crippen LogP contribution in [-0.4, -0.2) is 17.1 Å². The smallest absolute Gasteiger partial charge is 0.291 e. The number of aryl methyl sites for hydroxylation is 2. The van der Waals surface area contributed by atoms with E-state index in [0.29, 0.717) is 5.69 Å². The highest BCUT2D eigenvalue weighted by atomic mass is 32.2. The van der Waals surface area contributed by atoms with E-state index in [1.165, 1.54) is 18.0 Å². The molecule has 0 aliphatic carbocycles. The first-order valence-corrected chi connectivity index (χ1v) is 10.4. The van der Waals surface area contributed by atoms with Crippen molar-refractivity contribution in [2.45, 2.75) is 37.3 Å². The summed E-state index contributed by atoms with van der Waals surface area (Å²) in [6.07, 6.45) is 2.32. The molecule has 0 spiro atoms. The fourth-order valence-corrected chi connectivity index (χ4v) is 3.77. The topological polar surface area (TPSA) is 71.3 Å². The van der Waals surface area contributed by atoms with Crippen LogP contribution in [0.2, 0.25) is 0 Å². The fraction of sp³-hybridized carbons (Fsp3) is 0.217. The van der Waals surface area contributed by atoms with E-state index in [0.717, 1.165) is 28.1 Å². The van der Waals surface area contributed by atoms with Gasteiger partial charge in [0, 0.05) is 16.3 Å². The van der Waals surface area contributed by atoms with Crippen LogP contribution in [0.25, 0.3) is 0 Å². The number of carbonyl (C=O) groups excluding carboxylic acids is 2. The summed E-state index contributed by atoms with van der Waals surface area (Å²) < 4.78 is 5.08. The van der Waals surface area contributed by atoms with Crippen molar-refractivity contribution in [3.8, 4) is 0 Å². The monoisotopic (exact) mass is 408 g/mol. The zero-order chi connectivity index (χ0) is 20.8. The van der Waals surface area contributed by atoms with E-state index < -0.39 is 0 Å². The molecular formula is C23H24N2O3S. The molecular weight excluding hydrogens is 384 g/mol. The zero-order valence-electron chi connectivity index (χ0n) is 16.7. The molecule has 3 aromatic rings. The van der Waals surface area contributed by atoms with Gasteiger partial charge in [0.2, 0.25) is 5.91 Å². The Labute approximate surface area is 174 Å². The van der Waals surface area contributed by atoms with Gasteiger partial charge in [-0.25, -0.2) is 0 Å². The van der Waals surface area contributed by atoms with Crippen LogP contribution in [-0.2, 0) is 11.2 Å². The lowest BCUT2D eigenvalue weighted by molar-refractivity contribution is -0.115. The van der Waals surface area contributed by atoms with Crippen LogP contribution in [0, 0.1) is 6.92 Å². The van der Waals surface area contributed by atoms with E-state index in [9.17, 15) is 9.59 Å². The third-order valence-electron chi connectivity index (χ3n) is 4.53. The largest absolute Gasteiger partial charge is 0.459 e. The molecule has 0 aliphatic heterocycles. The van der Waals surface area contributed by atoms with Crippen LogP contribution in [0.15, 0.2) is 70.2 Å². The molecule has 0 saturated heterocycles. The van der Waals surface area contributed by atoms with Gasteiger partial charge in [0.25, 0.3) is 5.91 Å². The Balaban J connectivity index is 1.60. The van der Waals surface area contributed by atoms with Crippen molar-refractivity contribution in [2.75, 3.05) is 10.6 Å². The van der Waals surface area contributed by atoms with Gasteiger partial charge in [0.15, 0.2) is 5.76 Å². The number of rotatable bonds is 7. The maximum Gasteiger partial charge on any atom is 0.291 e. The second-order valence-corrected chi connectivity index (χ2v) is 8.08. The van der Waals surface area contributed by atoms with Crippen LogP contribution in [0.1, 0.15) is 35.5 Å². The van der Waals surface area contributed by atoms with E-state index in [1.807, 2.05) is 56.3 Å². The van der Waals surface area contributed by atoms with E-state index in [2.05, 4.69) is 17.6 Å². The number of amides is 2. The number of benzene rings is 2. The van der Waals surface area contributed by atoms with E-state index in [-0.39, 0.29) is 22.8 Å². The molecule has 2 N–H and O–H groups in total. The number of anilines is 2. The number of furan rings is 1. The van der Waals surface area contributed by atoms with Gasteiger partial charge in [-0.05, 0) is 67.8 Å². The third-order valence-corrected chi connectivity index (χ3v) is 5.64. The summed E-state index contributed by atoms with van der Waals surface area (Å²) in [6, 6.07) is 16.7. The number of nitrogens with one attached hydrogen (secondary N) is 2. The Morgan fingerprint density at radius 1 is 1.03 bits per heavy atom. The average Bonchev–Trinajstić information content (AvgIpc) is 3.26. The van der Waals surface area contributed by atoms with E-state index in [1.54, 1.807) is 12.1 Å². The first-order chi connectivity index (χ1) is 14.0. The molecule has 2 amide bonds. The number of para-hydroxylation sites is 1. The van der Waals surface area contributed by atoms with Gasteiger partial charge < -0.3 is 15.1 Å². The molecule has 0 bridgehead atoms. The maximum atomic E-state index is 12.7. The quantitative estimate of drug-likeness (QED) is 0.505. The Hall–Kier alpha value is -2.99. The third kappa shape index (κ3) is 5.29. The fourth-order valence-electron chi connectivity index (χ4n) is 2.90. The molecule has 5 nitrogen and oxygen atoms in total. The minimum Gasteiger partial charge on any atom is -0.459 e. The molecule has 6 heteroatoms. The summed E-state index contributed by atoms with van der Waals surface area (Å²) in [4.78, 5) is 25.6. The summed E-state index contributed by atoms with van der Waals surface area (Å²) in [5.74, 6) is -0.0706. The van der Waals surface area contributed by atoms with Crippen LogP contribution < -0.4 is 10.6 Å². The molecule has 1 heterocycles. The maximum absolute atomic E-state index is 12.7. The van der Waals surface area contributed by atoms with Crippen molar-refractivity contribution < 1.29 is 14.0 Å². The molecule has 0 fully saturated rings. The Morgan fingerprint density at radius 3 is 2.45 bits per heavy atom. The minimum absolute atomic E-state index is 0.0331. The summed E-state index contributed by atoms with van der Waals surface area (Å²) in [5.41, 5.74) is 3.77. The number of hydrogen-bond acceptors (Lipinski definition) is 4. The molecule has 1 atom stereocenters.